The van der Waals surface area contributed by atoms with Crippen molar-refractivity contribution in [1.29, 1.82) is 0 Å². The van der Waals surface area contributed by atoms with Crippen LogP contribution in [-0.2, 0) is 9.53 Å². The Labute approximate surface area is 133 Å². The number of aliphatic hydroxyl groups is 1. The molecule has 3 heteroatoms. The van der Waals surface area contributed by atoms with Gasteiger partial charge in [0.2, 0.25) is 0 Å². The average Bonchev–Trinajstić information content (AvgIpc) is 2.69. The van der Waals surface area contributed by atoms with Crippen LogP contribution in [0.3, 0.4) is 0 Å². The number of carbonyl (C=O) groups is 1. The molecule has 0 unspecified atom stereocenters. The van der Waals surface area contributed by atoms with E-state index in [1.54, 1.807) is 6.08 Å². The molecule has 22 heavy (non-hydrogen) atoms. The van der Waals surface area contributed by atoms with Crippen LogP contribution >= 0.6 is 0 Å². The zero-order valence-corrected chi connectivity index (χ0v) is 14.0. The second-order valence-corrected chi connectivity index (χ2v) is 8.64. The Morgan fingerprint density at radius 1 is 1.18 bits per heavy atom. The Balaban J connectivity index is 1.78. The largest absolute Gasteiger partial charge is 0.491 e. The van der Waals surface area contributed by atoms with Gasteiger partial charge in [-0.15, -0.1) is 0 Å². The molecule has 0 amide bonds. The molecule has 0 radical (unpaired) electrons. The van der Waals surface area contributed by atoms with Gasteiger partial charge in [-0.05, 0) is 56.3 Å². The van der Waals surface area contributed by atoms with Gasteiger partial charge in [0.15, 0.2) is 5.78 Å². The van der Waals surface area contributed by atoms with E-state index in [9.17, 15) is 9.90 Å². The average molecular weight is 304 g/mol. The molecule has 0 spiro atoms. The van der Waals surface area contributed by atoms with E-state index in [1.807, 2.05) is 0 Å². The van der Waals surface area contributed by atoms with E-state index in [4.69, 9.17) is 4.74 Å². The molecule has 3 nitrogen and oxygen atoms in total. The fourth-order valence-electron chi connectivity index (χ4n) is 6.20. The lowest BCUT2D eigenvalue weighted by Gasteiger charge is -2.58. The molecule has 2 saturated carbocycles. The first kappa shape index (κ1) is 14.7. The molecular formula is C19H28O3. The van der Waals surface area contributed by atoms with Gasteiger partial charge in [0.05, 0.1) is 6.10 Å². The summed E-state index contributed by atoms with van der Waals surface area (Å²) in [6, 6.07) is 0. The van der Waals surface area contributed by atoms with Gasteiger partial charge in [-0.2, -0.15) is 0 Å². The fraction of sp³-hybridized carbons (Fsp3) is 0.842. The molecule has 4 aliphatic rings. The lowest BCUT2D eigenvalue weighted by atomic mass is 9.52. The summed E-state index contributed by atoms with van der Waals surface area (Å²) >= 11 is 0. The van der Waals surface area contributed by atoms with Crippen LogP contribution in [-0.4, -0.2) is 22.6 Å². The van der Waals surface area contributed by atoms with Crippen molar-refractivity contribution in [3.8, 4) is 0 Å². The first-order valence-corrected chi connectivity index (χ1v) is 8.97. The van der Waals surface area contributed by atoms with Crippen LogP contribution in [0.4, 0.5) is 0 Å². The van der Waals surface area contributed by atoms with E-state index < -0.39 is 0 Å². The number of carbonyl (C=O) groups excluding carboxylic acids is 1. The molecule has 1 saturated heterocycles. The minimum absolute atomic E-state index is 0.0663. The molecule has 1 N–H and O–H groups in total. The topological polar surface area (TPSA) is 46.5 Å². The molecule has 2 aliphatic heterocycles. The molecule has 2 bridgehead atoms. The molecule has 3 fully saturated rings. The summed E-state index contributed by atoms with van der Waals surface area (Å²) in [5.41, 5.74) is -0.124. The van der Waals surface area contributed by atoms with Gasteiger partial charge < -0.3 is 9.84 Å². The number of ether oxygens (including phenoxy) is 1. The van der Waals surface area contributed by atoms with Gasteiger partial charge in [-0.25, -0.2) is 0 Å². The highest BCUT2D eigenvalue weighted by Crippen LogP contribution is 2.63. The third-order valence-corrected chi connectivity index (χ3v) is 7.62. The lowest BCUT2D eigenvalue weighted by molar-refractivity contribution is -0.168. The van der Waals surface area contributed by atoms with E-state index in [2.05, 4.69) is 20.8 Å². The normalized spacial score (nSPS) is 53.9. The quantitative estimate of drug-likeness (QED) is 0.745. The van der Waals surface area contributed by atoms with Crippen LogP contribution in [0.15, 0.2) is 11.8 Å². The maximum Gasteiger partial charge on any atom is 0.159 e. The van der Waals surface area contributed by atoms with Gasteiger partial charge >= 0.3 is 0 Å². The first-order valence-electron chi connectivity index (χ1n) is 8.97. The molecule has 0 aromatic heterocycles. The van der Waals surface area contributed by atoms with Crippen molar-refractivity contribution in [3.63, 3.8) is 0 Å². The summed E-state index contributed by atoms with van der Waals surface area (Å²) in [5, 5.41) is 10.5. The fourth-order valence-corrected chi connectivity index (χ4v) is 6.20. The molecule has 0 aromatic carbocycles. The van der Waals surface area contributed by atoms with Gasteiger partial charge in [0, 0.05) is 24.3 Å². The van der Waals surface area contributed by atoms with E-state index in [0.29, 0.717) is 30.1 Å². The lowest BCUT2D eigenvalue weighted by Crippen LogP contribution is -2.56. The minimum atomic E-state index is -0.190. The zero-order valence-electron chi connectivity index (χ0n) is 14.0. The monoisotopic (exact) mass is 304 g/mol. The van der Waals surface area contributed by atoms with Gasteiger partial charge in [0.25, 0.3) is 0 Å². The third-order valence-electron chi connectivity index (χ3n) is 7.62. The SMILES string of the molecule is C[C@@H]1C2=CC(=O)CC[C@](C)(O2)[C@H]2CC[C@@]3(C)[C@@H](O)CC[C@H]3[C@H]12. The van der Waals surface area contributed by atoms with E-state index in [1.165, 1.54) is 0 Å². The maximum absolute atomic E-state index is 12.1. The number of rotatable bonds is 0. The molecule has 2 aliphatic carbocycles. The second-order valence-electron chi connectivity index (χ2n) is 8.64. The summed E-state index contributed by atoms with van der Waals surface area (Å²) in [5.74, 6) is 3.07. The summed E-state index contributed by atoms with van der Waals surface area (Å²) in [6.45, 7) is 6.74. The molecule has 7 atom stereocenters. The predicted octanol–water partition coefficient (Wildman–Crippen LogP) is 3.46. The van der Waals surface area contributed by atoms with Crippen molar-refractivity contribution in [2.75, 3.05) is 0 Å². The highest BCUT2D eigenvalue weighted by Gasteiger charge is 2.61. The van der Waals surface area contributed by atoms with Crippen LogP contribution in [0.1, 0.15) is 59.3 Å². The Morgan fingerprint density at radius 3 is 2.73 bits per heavy atom. The number of hydrogen-bond donors (Lipinski definition) is 1. The van der Waals surface area contributed by atoms with Gasteiger partial charge in [-0.3, -0.25) is 4.79 Å². The zero-order chi connectivity index (χ0) is 15.7. The molecule has 122 valence electrons. The Bertz CT molecular complexity index is 539. The number of fused-ring (bicyclic) bond motifs is 6. The van der Waals surface area contributed by atoms with Gasteiger partial charge in [0.1, 0.15) is 11.4 Å². The number of ketones is 1. The standard InChI is InChI=1S/C19H28O3/c1-11-15-10-12(20)6-9-19(3,22-15)14-7-8-18(2)13(17(11)14)4-5-16(18)21/h10-11,13-14,16-17,21H,4-9H2,1-3H3/t11-,13+,14+,16+,17+,18-,19+/m1/s1. The van der Waals surface area contributed by atoms with E-state index >= 15 is 0 Å². The first-order chi connectivity index (χ1) is 10.3. The Morgan fingerprint density at radius 2 is 1.95 bits per heavy atom. The number of allylic oxidation sites excluding steroid dienone is 2. The molecule has 2 heterocycles. The van der Waals surface area contributed by atoms with Crippen LogP contribution in [0.5, 0.6) is 0 Å². The summed E-state index contributed by atoms with van der Waals surface area (Å²) in [7, 11) is 0. The van der Waals surface area contributed by atoms with Crippen LogP contribution in [0, 0.1) is 29.1 Å². The van der Waals surface area contributed by atoms with Crippen LogP contribution < -0.4 is 0 Å². The summed E-state index contributed by atoms with van der Waals surface area (Å²) < 4.78 is 6.37. The van der Waals surface area contributed by atoms with Gasteiger partial charge in [-0.1, -0.05) is 13.8 Å². The molecule has 0 aromatic rings. The smallest absolute Gasteiger partial charge is 0.159 e. The maximum atomic E-state index is 12.1. The van der Waals surface area contributed by atoms with Crippen molar-refractivity contribution in [2.24, 2.45) is 29.1 Å². The summed E-state index contributed by atoms with van der Waals surface area (Å²) in [6.07, 6.45) is 7.34. The van der Waals surface area contributed by atoms with Crippen molar-refractivity contribution in [3.05, 3.63) is 11.8 Å². The highest BCUT2D eigenvalue weighted by atomic mass is 16.5. The summed E-state index contributed by atoms with van der Waals surface area (Å²) in [4.78, 5) is 12.1. The van der Waals surface area contributed by atoms with E-state index in [-0.39, 0.29) is 22.9 Å². The van der Waals surface area contributed by atoms with Crippen molar-refractivity contribution < 1.29 is 14.6 Å². The Kier molecular flexibility index (Phi) is 3.08. The van der Waals surface area contributed by atoms with Crippen molar-refractivity contribution in [1.82, 2.24) is 0 Å². The molecular weight excluding hydrogens is 276 g/mol. The minimum Gasteiger partial charge on any atom is -0.491 e. The van der Waals surface area contributed by atoms with Crippen LogP contribution in [0.25, 0.3) is 0 Å². The predicted molar refractivity (Wildman–Crippen MR) is 84.0 cm³/mol. The van der Waals surface area contributed by atoms with Crippen LogP contribution in [0.2, 0.25) is 0 Å². The number of hydrogen-bond acceptors (Lipinski definition) is 3. The van der Waals surface area contributed by atoms with Crippen molar-refractivity contribution >= 4 is 5.78 Å². The second kappa shape index (κ2) is 4.59. The van der Waals surface area contributed by atoms with E-state index in [0.717, 1.165) is 37.9 Å². The molecule has 4 rings (SSSR count). The Hall–Kier alpha value is -0.830. The highest BCUT2D eigenvalue weighted by molar-refractivity contribution is 5.90. The van der Waals surface area contributed by atoms with Crippen molar-refractivity contribution in [2.45, 2.75) is 71.0 Å². The third kappa shape index (κ3) is 1.81. The number of aliphatic hydroxyl groups excluding tert-OH is 1.